The van der Waals surface area contributed by atoms with E-state index in [0.717, 1.165) is 0 Å². The summed E-state index contributed by atoms with van der Waals surface area (Å²) in [7, 11) is 0. The summed E-state index contributed by atoms with van der Waals surface area (Å²) >= 11 is 5.81. The van der Waals surface area contributed by atoms with Gasteiger partial charge in [-0.25, -0.2) is 4.79 Å². The Morgan fingerprint density at radius 1 is 1.50 bits per heavy atom. The predicted molar refractivity (Wildman–Crippen MR) is 58.6 cm³/mol. The first-order chi connectivity index (χ1) is 7.35. The Bertz CT molecular complexity index is 344. The van der Waals surface area contributed by atoms with Crippen LogP contribution < -0.4 is 0 Å². The van der Waals surface area contributed by atoms with E-state index in [-0.39, 0.29) is 28.8 Å². The van der Waals surface area contributed by atoms with E-state index in [4.69, 9.17) is 21.1 Å². The molecular formula is C11H15ClO4. The summed E-state index contributed by atoms with van der Waals surface area (Å²) in [5, 5.41) is -0.136. The minimum absolute atomic E-state index is 0.136. The minimum atomic E-state index is -0.648. The molecular weight excluding hydrogens is 232 g/mol. The van der Waals surface area contributed by atoms with Gasteiger partial charge in [-0.05, 0) is 12.3 Å². The number of cyclic esters (lactones) is 1. The van der Waals surface area contributed by atoms with Crippen molar-refractivity contribution in [3.05, 3.63) is 10.8 Å². The second kappa shape index (κ2) is 4.87. The maximum absolute atomic E-state index is 11.4. The lowest BCUT2D eigenvalue weighted by Gasteiger charge is -2.29. The molecule has 0 aliphatic carbocycles. The molecule has 1 saturated heterocycles. The highest BCUT2D eigenvalue weighted by molar-refractivity contribution is 6.41. The molecule has 0 unspecified atom stereocenters. The highest BCUT2D eigenvalue weighted by atomic mass is 35.5. The van der Waals surface area contributed by atoms with E-state index >= 15 is 0 Å². The summed E-state index contributed by atoms with van der Waals surface area (Å²) in [6.07, 6.45) is 0.778. The van der Waals surface area contributed by atoms with Gasteiger partial charge in [-0.15, -0.1) is 0 Å². The molecule has 0 spiro atoms. The third-order valence-corrected chi connectivity index (χ3v) is 2.56. The van der Waals surface area contributed by atoms with Crippen molar-refractivity contribution < 1.29 is 19.1 Å². The first-order valence-electron chi connectivity index (χ1n) is 5.12. The van der Waals surface area contributed by atoms with Crippen molar-refractivity contribution in [1.82, 2.24) is 0 Å². The molecule has 1 heterocycles. The van der Waals surface area contributed by atoms with Crippen molar-refractivity contribution in [2.45, 2.75) is 33.6 Å². The monoisotopic (exact) mass is 246 g/mol. The van der Waals surface area contributed by atoms with Gasteiger partial charge in [0.2, 0.25) is 0 Å². The molecule has 90 valence electrons. The van der Waals surface area contributed by atoms with Crippen LogP contribution in [-0.4, -0.2) is 18.5 Å². The molecule has 16 heavy (non-hydrogen) atoms. The molecule has 0 bridgehead atoms. The normalized spacial score (nSPS) is 22.4. The summed E-state index contributed by atoms with van der Waals surface area (Å²) < 4.78 is 9.70. The van der Waals surface area contributed by atoms with Gasteiger partial charge in [0.05, 0.1) is 13.0 Å². The van der Waals surface area contributed by atoms with Crippen LogP contribution in [0.5, 0.6) is 0 Å². The smallest absolute Gasteiger partial charge is 0.353 e. The van der Waals surface area contributed by atoms with Crippen LogP contribution in [0.15, 0.2) is 10.8 Å². The lowest BCUT2D eigenvalue weighted by molar-refractivity contribution is -0.146. The Kier molecular flexibility index (Phi) is 3.97. The molecule has 0 amide bonds. The van der Waals surface area contributed by atoms with Crippen LogP contribution in [0.3, 0.4) is 0 Å². The Labute approximate surface area is 99.5 Å². The summed E-state index contributed by atoms with van der Waals surface area (Å²) in [6.45, 7) is 5.76. The number of esters is 2. The van der Waals surface area contributed by atoms with Gasteiger partial charge in [-0.2, -0.15) is 0 Å². The van der Waals surface area contributed by atoms with Gasteiger partial charge >= 0.3 is 11.9 Å². The second-order valence-electron chi connectivity index (χ2n) is 4.45. The molecule has 5 heteroatoms. The Balaban J connectivity index is 2.89. The number of halogens is 1. The average Bonchev–Trinajstić information content (AvgIpc) is 2.13. The highest BCUT2D eigenvalue weighted by Crippen LogP contribution is 2.37. The first kappa shape index (κ1) is 13.0. The lowest BCUT2D eigenvalue weighted by atomic mass is 9.83. The average molecular weight is 247 g/mol. The van der Waals surface area contributed by atoms with Gasteiger partial charge in [-0.3, -0.25) is 4.79 Å². The Morgan fingerprint density at radius 2 is 2.12 bits per heavy atom. The zero-order valence-corrected chi connectivity index (χ0v) is 10.4. The van der Waals surface area contributed by atoms with Crippen molar-refractivity contribution in [1.29, 1.82) is 0 Å². The molecule has 1 fully saturated rings. The molecule has 0 saturated carbocycles. The fourth-order valence-electron chi connectivity index (χ4n) is 1.53. The summed E-state index contributed by atoms with van der Waals surface area (Å²) in [6, 6.07) is 0. The third kappa shape index (κ3) is 3.23. The number of carbonyl (C=O) groups excluding carboxylic acids is 2. The van der Waals surface area contributed by atoms with Crippen molar-refractivity contribution in [3.8, 4) is 0 Å². The van der Waals surface area contributed by atoms with E-state index in [2.05, 4.69) is 0 Å². The van der Waals surface area contributed by atoms with Gasteiger partial charge in [0.25, 0.3) is 0 Å². The maximum atomic E-state index is 11.4. The van der Waals surface area contributed by atoms with Gasteiger partial charge in [0, 0.05) is 6.42 Å². The molecule has 1 aliphatic rings. The topological polar surface area (TPSA) is 52.6 Å². The van der Waals surface area contributed by atoms with Gasteiger partial charge < -0.3 is 9.47 Å². The van der Waals surface area contributed by atoms with E-state index < -0.39 is 5.97 Å². The molecule has 0 radical (unpaired) electrons. The fraction of sp³-hybridized carbons (Fsp3) is 0.636. The lowest BCUT2D eigenvalue weighted by Crippen LogP contribution is -2.27. The molecule has 0 aromatic rings. The maximum Gasteiger partial charge on any atom is 0.353 e. The van der Waals surface area contributed by atoms with Crippen molar-refractivity contribution in [2.75, 3.05) is 6.61 Å². The van der Waals surface area contributed by atoms with E-state index in [1.54, 1.807) is 6.92 Å². The highest BCUT2D eigenvalue weighted by Gasteiger charge is 2.34. The van der Waals surface area contributed by atoms with Gasteiger partial charge in [-0.1, -0.05) is 25.4 Å². The third-order valence-electron chi connectivity index (χ3n) is 2.20. The van der Waals surface area contributed by atoms with E-state index in [9.17, 15) is 9.59 Å². The summed E-state index contributed by atoms with van der Waals surface area (Å²) in [5.74, 6) is -0.806. The van der Waals surface area contributed by atoms with Crippen LogP contribution in [0.25, 0.3) is 0 Å². The molecule has 1 rings (SSSR count). The second-order valence-corrected chi connectivity index (χ2v) is 4.83. The SMILES string of the molecule is CCOC(=O)/C(Cl)=C1\CC(C)(C)CC(=O)O1. The van der Waals surface area contributed by atoms with Crippen LogP contribution in [0, 0.1) is 5.41 Å². The first-order valence-corrected chi connectivity index (χ1v) is 5.50. The molecule has 0 aromatic heterocycles. The summed E-state index contributed by atoms with van der Waals surface area (Å²) in [4.78, 5) is 22.7. The largest absolute Gasteiger partial charge is 0.462 e. The van der Waals surface area contributed by atoms with E-state index in [1.807, 2.05) is 13.8 Å². The Hall–Kier alpha value is -1.03. The van der Waals surface area contributed by atoms with Gasteiger partial charge in [0.15, 0.2) is 5.03 Å². The standard InChI is InChI=1S/C11H15ClO4/c1-4-15-10(14)9(12)7-5-11(2,3)6-8(13)16-7/h4-6H2,1-3H3/b9-7-. The van der Waals surface area contributed by atoms with Crippen LogP contribution >= 0.6 is 11.6 Å². The predicted octanol–water partition coefficient (Wildman–Crippen LogP) is 2.36. The van der Waals surface area contributed by atoms with Crippen molar-refractivity contribution in [2.24, 2.45) is 5.41 Å². The number of hydrogen-bond acceptors (Lipinski definition) is 4. The van der Waals surface area contributed by atoms with Crippen molar-refractivity contribution >= 4 is 23.5 Å². The molecule has 1 aliphatic heterocycles. The van der Waals surface area contributed by atoms with E-state index in [0.29, 0.717) is 12.8 Å². The minimum Gasteiger partial charge on any atom is -0.462 e. The molecule has 0 atom stereocenters. The zero-order valence-electron chi connectivity index (χ0n) is 9.63. The van der Waals surface area contributed by atoms with Crippen LogP contribution in [0.2, 0.25) is 0 Å². The quantitative estimate of drug-likeness (QED) is 0.554. The van der Waals surface area contributed by atoms with Crippen LogP contribution in [0.1, 0.15) is 33.6 Å². The van der Waals surface area contributed by atoms with E-state index in [1.165, 1.54) is 0 Å². The molecule has 0 aromatic carbocycles. The number of rotatable bonds is 2. The van der Waals surface area contributed by atoms with Crippen molar-refractivity contribution in [3.63, 3.8) is 0 Å². The van der Waals surface area contributed by atoms with Crippen LogP contribution in [-0.2, 0) is 19.1 Å². The van der Waals surface area contributed by atoms with Gasteiger partial charge in [0.1, 0.15) is 5.76 Å². The zero-order chi connectivity index (χ0) is 12.3. The number of ether oxygens (including phenoxy) is 2. The number of carbonyl (C=O) groups is 2. The fourth-order valence-corrected chi connectivity index (χ4v) is 1.69. The number of allylic oxidation sites excluding steroid dienone is 1. The number of hydrogen-bond donors (Lipinski definition) is 0. The molecule has 0 N–H and O–H groups in total. The molecule has 4 nitrogen and oxygen atoms in total. The Morgan fingerprint density at radius 3 is 2.62 bits per heavy atom. The van der Waals surface area contributed by atoms with Crippen LogP contribution in [0.4, 0.5) is 0 Å². The summed E-state index contributed by atoms with van der Waals surface area (Å²) in [5.41, 5.74) is -0.239.